The van der Waals surface area contributed by atoms with E-state index in [0.29, 0.717) is 29.6 Å². The molecule has 3 aliphatic rings. The zero-order valence-corrected chi connectivity index (χ0v) is 18.3. The molecule has 0 radical (unpaired) electrons. The van der Waals surface area contributed by atoms with Crippen LogP contribution >= 0.6 is 0 Å². The van der Waals surface area contributed by atoms with E-state index >= 15 is 0 Å². The molecule has 2 amide bonds. The zero-order valence-electron chi connectivity index (χ0n) is 17.3. The van der Waals surface area contributed by atoms with Crippen LogP contribution in [0.3, 0.4) is 0 Å². The van der Waals surface area contributed by atoms with Gasteiger partial charge in [-0.15, -0.1) is 0 Å². The maximum absolute atomic E-state index is 13.0. The average molecular weight is 393 g/mol. The number of allylic oxidation sites excluding steroid dienone is 1. The molecule has 27 heavy (non-hydrogen) atoms. The monoisotopic (exact) mass is 392 g/mol. The highest BCUT2D eigenvalue weighted by Gasteiger charge is 2.54. The molecule has 0 aromatic rings. The number of nitrogens with zero attached hydrogens (tertiary/aromatic N) is 2. The highest BCUT2D eigenvalue weighted by Crippen LogP contribution is 2.43. The first-order valence-corrected chi connectivity index (χ1v) is 12.3. The number of ketones is 1. The maximum Gasteiger partial charge on any atom is 0.258 e. The van der Waals surface area contributed by atoms with Crippen molar-refractivity contribution in [1.29, 1.82) is 0 Å². The van der Waals surface area contributed by atoms with Crippen molar-refractivity contribution in [1.82, 2.24) is 9.80 Å². The minimum absolute atomic E-state index is 0.0720. The largest absolute Gasteiger partial charge is 0.546 e. The van der Waals surface area contributed by atoms with E-state index in [0.717, 1.165) is 6.42 Å². The number of carbonyl (C=O) groups excluding carboxylic acids is 3. The molecule has 7 heteroatoms. The van der Waals surface area contributed by atoms with Crippen LogP contribution in [0, 0.1) is 0 Å². The number of piperazine rings is 1. The molecule has 3 fully saturated rings. The van der Waals surface area contributed by atoms with Crippen molar-refractivity contribution in [3.63, 3.8) is 0 Å². The van der Waals surface area contributed by atoms with E-state index in [4.69, 9.17) is 4.43 Å². The number of Topliss-reactive ketones (excluding diaryl/α,β-unsaturated/α-hetero) is 1. The minimum atomic E-state index is -2.21. The molecule has 3 rings (SSSR count). The van der Waals surface area contributed by atoms with Gasteiger partial charge < -0.3 is 9.33 Å². The molecule has 150 valence electrons. The fourth-order valence-electron chi connectivity index (χ4n) is 5.47. The first kappa shape index (κ1) is 20.1. The zero-order chi connectivity index (χ0) is 20.1. The number of hydrogen-bond donors (Lipinski definition) is 0. The standard InChI is InChI=1S/C20H32N2O4Si/c1-12(2)27(13(3)4,14(5)6)26-11-17-18(23)10-16-19(24)21-9-7-8-15(21)20(25)22(16)17/h11-16H,7-10H2,1-6H3/b17-11+/t15-,16-/m0/s1. The Balaban J connectivity index is 1.95. The molecule has 6 nitrogen and oxygen atoms in total. The van der Waals surface area contributed by atoms with Gasteiger partial charge in [0.25, 0.3) is 14.2 Å². The van der Waals surface area contributed by atoms with Gasteiger partial charge in [0.15, 0.2) is 5.78 Å². The van der Waals surface area contributed by atoms with E-state index < -0.39 is 20.4 Å². The summed E-state index contributed by atoms with van der Waals surface area (Å²) < 4.78 is 6.45. The Labute approximate surface area is 163 Å². The normalized spacial score (nSPS) is 27.4. The van der Waals surface area contributed by atoms with Gasteiger partial charge in [0.1, 0.15) is 17.8 Å². The van der Waals surface area contributed by atoms with Gasteiger partial charge in [-0.2, -0.15) is 0 Å². The summed E-state index contributed by atoms with van der Waals surface area (Å²) in [5.41, 5.74) is 1.38. The van der Waals surface area contributed by atoms with Crippen molar-refractivity contribution >= 4 is 25.9 Å². The lowest BCUT2D eigenvalue weighted by Crippen LogP contribution is -2.60. The predicted octanol–water partition coefficient (Wildman–Crippen LogP) is 3.19. The molecule has 3 heterocycles. The number of amides is 2. The summed E-state index contributed by atoms with van der Waals surface area (Å²) in [6, 6.07) is -1.09. The van der Waals surface area contributed by atoms with Gasteiger partial charge in [-0.3, -0.25) is 19.3 Å². The Kier molecular flexibility index (Phi) is 5.27. The summed E-state index contributed by atoms with van der Waals surface area (Å²) in [4.78, 5) is 41.6. The summed E-state index contributed by atoms with van der Waals surface area (Å²) in [6.07, 6.45) is 3.13. The average Bonchev–Trinajstić information content (AvgIpc) is 3.18. The molecule has 0 aliphatic carbocycles. The third-order valence-electron chi connectivity index (χ3n) is 6.66. The third kappa shape index (κ3) is 2.94. The molecule has 0 saturated carbocycles. The summed E-state index contributed by atoms with van der Waals surface area (Å²) in [6.45, 7) is 13.7. The fourth-order valence-corrected chi connectivity index (χ4v) is 10.6. The molecule has 0 aromatic carbocycles. The highest BCUT2D eigenvalue weighted by atomic mass is 28.4. The van der Waals surface area contributed by atoms with Gasteiger partial charge >= 0.3 is 0 Å². The molecule has 3 saturated heterocycles. The number of carbonyl (C=O) groups is 3. The summed E-state index contributed by atoms with van der Waals surface area (Å²) in [7, 11) is -2.21. The second kappa shape index (κ2) is 7.07. The van der Waals surface area contributed by atoms with E-state index in [-0.39, 0.29) is 29.7 Å². The van der Waals surface area contributed by atoms with Crippen LogP contribution in [0.1, 0.15) is 60.8 Å². The van der Waals surface area contributed by atoms with Gasteiger partial charge in [-0.25, -0.2) is 0 Å². The van der Waals surface area contributed by atoms with Crippen molar-refractivity contribution in [2.24, 2.45) is 0 Å². The summed E-state index contributed by atoms with van der Waals surface area (Å²) >= 11 is 0. The van der Waals surface area contributed by atoms with E-state index in [2.05, 4.69) is 41.5 Å². The smallest absolute Gasteiger partial charge is 0.258 e. The lowest BCUT2D eigenvalue weighted by Gasteiger charge is -2.42. The summed E-state index contributed by atoms with van der Waals surface area (Å²) in [5.74, 6) is -0.375. The molecule has 2 atom stereocenters. The van der Waals surface area contributed by atoms with E-state index in [9.17, 15) is 14.4 Å². The van der Waals surface area contributed by atoms with Crippen molar-refractivity contribution in [2.75, 3.05) is 6.54 Å². The van der Waals surface area contributed by atoms with Crippen LogP contribution in [-0.2, 0) is 18.8 Å². The van der Waals surface area contributed by atoms with Gasteiger partial charge in [0.2, 0.25) is 5.91 Å². The van der Waals surface area contributed by atoms with Crippen LogP contribution in [0.15, 0.2) is 12.0 Å². The molecule has 0 N–H and O–H groups in total. The van der Waals surface area contributed by atoms with Crippen LogP contribution in [-0.4, -0.2) is 54.3 Å². The van der Waals surface area contributed by atoms with Crippen LogP contribution < -0.4 is 0 Å². The van der Waals surface area contributed by atoms with Crippen molar-refractivity contribution < 1.29 is 18.8 Å². The molecule has 0 unspecified atom stereocenters. The Morgan fingerprint density at radius 1 is 0.963 bits per heavy atom. The molecular weight excluding hydrogens is 360 g/mol. The van der Waals surface area contributed by atoms with Crippen LogP contribution in [0.4, 0.5) is 0 Å². The van der Waals surface area contributed by atoms with E-state index in [1.165, 1.54) is 11.2 Å². The third-order valence-corrected chi connectivity index (χ3v) is 12.6. The minimum Gasteiger partial charge on any atom is -0.546 e. The number of fused-ring (bicyclic) bond motifs is 2. The van der Waals surface area contributed by atoms with Crippen LogP contribution in [0.5, 0.6) is 0 Å². The molecule has 0 spiro atoms. The Hall–Kier alpha value is -1.63. The topological polar surface area (TPSA) is 66.9 Å². The number of hydrogen-bond acceptors (Lipinski definition) is 4. The quantitative estimate of drug-likeness (QED) is 0.409. The second-order valence-corrected chi connectivity index (χ2v) is 14.4. The molecular formula is C20H32N2O4Si. The van der Waals surface area contributed by atoms with Crippen molar-refractivity contribution in [3.8, 4) is 0 Å². The second-order valence-electron chi connectivity index (χ2n) is 8.98. The first-order chi connectivity index (χ1) is 12.6. The Morgan fingerprint density at radius 3 is 2.11 bits per heavy atom. The number of rotatable bonds is 5. The predicted molar refractivity (Wildman–Crippen MR) is 105 cm³/mol. The van der Waals surface area contributed by atoms with Crippen LogP contribution in [0.2, 0.25) is 16.6 Å². The van der Waals surface area contributed by atoms with Crippen molar-refractivity contribution in [2.45, 2.75) is 89.5 Å². The summed E-state index contributed by atoms with van der Waals surface area (Å²) in [5, 5.41) is 0. The van der Waals surface area contributed by atoms with Gasteiger partial charge in [-0.05, 0) is 29.5 Å². The Bertz CT molecular complexity index is 664. The van der Waals surface area contributed by atoms with Gasteiger partial charge in [-0.1, -0.05) is 41.5 Å². The lowest BCUT2D eigenvalue weighted by molar-refractivity contribution is -0.155. The van der Waals surface area contributed by atoms with Crippen molar-refractivity contribution in [3.05, 3.63) is 12.0 Å². The van der Waals surface area contributed by atoms with Gasteiger partial charge in [0.05, 0.1) is 6.26 Å². The fraction of sp³-hybridized carbons (Fsp3) is 0.750. The lowest BCUT2D eigenvalue weighted by atomic mass is 10.1. The van der Waals surface area contributed by atoms with E-state index in [1.807, 2.05) is 0 Å². The molecule has 0 bridgehead atoms. The van der Waals surface area contributed by atoms with Gasteiger partial charge in [0, 0.05) is 13.0 Å². The highest BCUT2D eigenvalue weighted by molar-refractivity contribution is 6.77. The Morgan fingerprint density at radius 2 is 1.56 bits per heavy atom. The van der Waals surface area contributed by atoms with Crippen LogP contribution in [0.25, 0.3) is 0 Å². The van der Waals surface area contributed by atoms with E-state index in [1.54, 1.807) is 4.90 Å². The maximum atomic E-state index is 13.0. The molecule has 3 aliphatic heterocycles. The molecule has 0 aromatic heterocycles. The SMILES string of the molecule is CC(C)[Si](O/C=C1\C(=O)C[C@H]2C(=O)N3CCC[C@H]3C(=O)N12)(C(C)C)C(C)C. The first-order valence-electron chi connectivity index (χ1n) is 10.2.